The van der Waals surface area contributed by atoms with E-state index in [9.17, 15) is 4.79 Å². The van der Waals surface area contributed by atoms with Gasteiger partial charge in [-0.2, -0.15) is 0 Å². The van der Waals surface area contributed by atoms with Crippen LogP contribution in [0.25, 0.3) is 0 Å². The number of hydrogen-bond acceptors (Lipinski definition) is 3. The lowest BCUT2D eigenvalue weighted by molar-refractivity contribution is -0.129. The lowest BCUT2D eigenvalue weighted by atomic mass is 9.92. The van der Waals surface area contributed by atoms with Crippen LogP contribution in [0, 0.1) is 5.92 Å². The standard InChI is InChI=1S/C12H25N3O/c1-10-4-6-15(11(8-10)9-13)7-5-12(16)14(2)3/h10-11H,4-9,13H2,1-3H3. The Kier molecular flexibility index (Phi) is 5.22. The van der Waals surface area contributed by atoms with Crippen LogP contribution in [0.5, 0.6) is 0 Å². The zero-order chi connectivity index (χ0) is 12.1. The maximum Gasteiger partial charge on any atom is 0.223 e. The molecular formula is C12H25N3O. The van der Waals surface area contributed by atoms with Crippen molar-refractivity contribution in [1.82, 2.24) is 9.80 Å². The summed E-state index contributed by atoms with van der Waals surface area (Å²) in [6.07, 6.45) is 3.01. The fourth-order valence-corrected chi connectivity index (χ4v) is 2.30. The van der Waals surface area contributed by atoms with Crippen molar-refractivity contribution in [3.63, 3.8) is 0 Å². The topological polar surface area (TPSA) is 49.6 Å². The molecule has 1 heterocycles. The molecule has 0 radical (unpaired) electrons. The van der Waals surface area contributed by atoms with Gasteiger partial charge in [0.15, 0.2) is 0 Å². The van der Waals surface area contributed by atoms with Gasteiger partial charge in [-0.05, 0) is 25.3 Å². The molecule has 1 aliphatic heterocycles. The third kappa shape index (κ3) is 3.76. The Balaban J connectivity index is 2.37. The number of likely N-dealkylation sites (tertiary alicyclic amines) is 1. The molecule has 2 N–H and O–H groups in total. The third-order valence-electron chi connectivity index (χ3n) is 3.48. The van der Waals surface area contributed by atoms with Gasteiger partial charge in [-0.3, -0.25) is 9.69 Å². The second-order valence-corrected chi connectivity index (χ2v) is 5.09. The smallest absolute Gasteiger partial charge is 0.223 e. The highest BCUT2D eigenvalue weighted by atomic mass is 16.2. The normalized spacial score (nSPS) is 26.8. The van der Waals surface area contributed by atoms with Gasteiger partial charge >= 0.3 is 0 Å². The summed E-state index contributed by atoms with van der Waals surface area (Å²) in [4.78, 5) is 15.5. The van der Waals surface area contributed by atoms with Crippen molar-refractivity contribution in [3.05, 3.63) is 0 Å². The first-order chi connectivity index (χ1) is 7.54. The first-order valence-electron chi connectivity index (χ1n) is 6.18. The molecule has 0 saturated carbocycles. The Morgan fingerprint density at radius 3 is 2.75 bits per heavy atom. The Labute approximate surface area is 98.8 Å². The van der Waals surface area contributed by atoms with E-state index in [0.717, 1.165) is 19.0 Å². The molecule has 1 amide bonds. The van der Waals surface area contributed by atoms with Crippen LogP contribution in [-0.2, 0) is 4.79 Å². The maximum atomic E-state index is 11.5. The van der Waals surface area contributed by atoms with Crippen LogP contribution in [0.4, 0.5) is 0 Å². The largest absolute Gasteiger partial charge is 0.349 e. The Morgan fingerprint density at radius 2 is 2.19 bits per heavy atom. The van der Waals surface area contributed by atoms with Gasteiger partial charge in [-0.25, -0.2) is 0 Å². The Morgan fingerprint density at radius 1 is 1.50 bits per heavy atom. The number of hydrogen-bond donors (Lipinski definition) is 1. The second kappa shape index (κ2) is 6.21. The summed E-state index contributed by atoms with van der Waals surface area (Å²) in [6.45, 7) is 4.93. The van der Waals surface area contributed by atoms with Crippen molar-refractivity contribution in [1.29, 1.82) is 0 Å². The molecule has 94 valence electrons. The van der Waals surface area contributed by atoms with E-state index in [2.05, 4.69) is 11.8 Å². The van der Waals surface area contributed by atoms with E-state index in [-0.39, 0.29) is 5.91 Å². The zero-order valence-corrected chi connectivity index (χ0v) is 10.8. The molecular weight excluding hydrogens is 202 g/mol. The van der Waals surface area contributed by atoms with E-state index in [4.69, 9.17) is 5.73 Å². The molecule has 4 heteroatoms. The van der Waals surface area contributed by atoms with E-state index >= 15 is 0 Å². The van der Waals surface area contributed by atoms with Crippen molar-refractivity contribution in [3.8, 4) is 0 Å². The van der Waals surface area contributed by atoms with Crippen LogP contribution in [0.2, 0.25) is 0 Å². The average Bonchev–Trinajstić information content (AvgIpc) is 2.26. The summed E-state index contributed by atoms with van der Waals surface area (Å²) in [6, 6.07) is 0.471. The van der Waals surface area contributed by atoms with Crippen molar-refractivity contribution < 1.29 is 4.79 Å². The molecule has 1 rings (SSSR count). The number of carbonyl (C=O) groups excluding carboxylic acids is 1. The third-order valence-corrected chi connectivity index (χ3v) is 3.48. The summed E-state index contributed by atoms with van der Waals surface area (Å²) in [5, 5.41) is 0. The van der Waals surface area contributed by atoms with Gasteiger partial charge in [0.05, 0.1) is 0 Å². The Bertz CT molecular complexity index is 230. The molecule has 0 aromatic heterocycles. The van der Waals surface area contributed by atoms with Crippen molar-refractivity contribution in [2.75, 3.05) is 33.7 Å². The molecule has 0 aromatic rings. The number of nitrogens with two attached hydrogens (primary N) is 1. The molecule has 0 aliphatic carbocycles. The summed E-state index contributed by atoms with van der Waals surface area (Å²) < 4.78 is 0. The molecule has 0 spiro atoms. The van der Waals surface area contributed by atoms with Crippen LogP contribution in [0.1, 0.15) is 26.2 Å². The molecule has 2 unspecified atom stereocenters. The molecule has 1 saturated heterocycles. The van der Waals surface area contributed by atoms with E-state index in [1.165, 1.54) is 12.8 Å². The van der Waals surface area contributed by atoms with Crippen LogP contribution >= 0.6 is 0 Å². The number of amides is 1. The summed E-state index contributed by atoms with van der Waals surface area (Å²) in [5.74, 6) is 0.976. The van der Waals surface area contributed by atoms with Crippen molar-refractivity contribution in [2.45, 2.75) is 32.2 Å². The quantitative estimate of drug-likeness (QED) is 0.762. The van der Waals surface area contributed by atoms with E-state index in [0.29, 0.717) is 19.0 Å². The highest BCUT2D eigenvalue weighted by Crippen LogP contribution is 2.21. The van der Waals surface area contributed by atoms with Gasteiger partial charge in [0.25, 0.3) is 0 Å². The lowest BCUT2D eigenvalue weighted by Gasteiger charge is -2.37. The first kappa shape index (κ1) is 13.5. The molecule has 1 fully saturated rings. The Hall–Kier alpha value is -0.610. The average molecular weight is 227 g/mol. The van der Waals surface area contributed by atoms with Gasteiger partial charge in [-0.15, -0.1) is 0 Å². The van der Waals surface area contributed by atoms with Gasteiger partial charge in [0, 0.05) is 39.6 Å². The van der Waals surface area contributed by atoms with Crippen molar-refractivity contribution in [2.24, 2.45) is 11.7 Å². The molecule has 4 nitrogen and oxygen atoms in total. The van der Waals surface area contributed by atoms with Crippen molar-refractivity contribution >= 4 is 5.91 Å². The fraction of sp³-hybridized carbons (Fsp3) is 0.917. The van der Waals surface area contributed by atoms with E-state index in [1.807, 2.05) is 0 Å². The highest BCUT2D eigenvalue weighted by Gasteiger charge is 2.25. The highest BCUT2D eigenvalue weighted by molar-refractivity contribution is 5.75. The molecule has 1 aliphatic rings. The lowest BCUT2D eigenvalue weighted by Crippen LogP contribution is -2.47. The maximum absolute atomic E-state index is 11.5. The van der Waals surface area contributed by atoms with Crippen LogP contribution in [-0.4, -0.2) is 55.5 Å². The molecule has 2 atom stereocenters. The minimum Gasteiger partial charge on any atom is -0.349 e. The van der Waals surface area contributed by atoms with Gasteiger partial charge in [0.1, 0.15) is 0 Å². The molecule has 16 heavy (non-hydrogen) atoms. The zero-order valence-electron chi connectivity index (χ0n) is 10.8. The number of rotatable bonds is 4. The SMILES string of the molecule is CC1CCN(CCC(=O)N(C)C)C(CN)C1. The monoisotopic (exact) mass is 227 g/mol. The van der Waals surface area contributed by atoms with Gasteiger partial charge < -0.3 is 10.6 Å². The predicted molar refractivity (Wildman–Crippen MR) is 66.1 cm³/mol. The first-order valence-corrected chi connectivity index (χ1v) is 6.18. The summed E-state index contributed by atoms with van der Waals surface area (Å²) >= 11 is 0. The second-order valence-electron chi connectivity index (χ2n) is 5.09. The van der Waals surface area contributed by atoms with Crippen LogP contribution < -0.4 is 5.73 Å². The number of piperidine rings is 1. The fourth-order valence-electron chi connectivity index (χ4n) is 2.30. The van der Waals surface area contributed by atoms with Crippen LogP contribution in [0.15, 0.2) is 0 Å². The van der Waals surface area contributed by atoms with E-state index < -0.39 is 0 Å². The predicted octanol–water partition coefficient (Wildman–Crippen LogP) is 0.524. The number of nitrogens with zero attached hydrogens (tertiary/aromatic N) is 2. The van der Waals surface area contributed by atoms with Crippen LogP contribution in [0.3, 0.4) is 0 Å². The van der Waals surface area contributed by atoms with E-state index in [1.54, 1.807) is 19.0 Å². The molecule has 0 aromatic carbocycles. The number of carbonyl (C=O) groups is 1. The molecule has 0 bridgehead atoms. The van der Waals surface area contributed by atoms with Gasteiger partial charge in [0.2, 0.25) is 5.91 Å². The summed E-state index contributed by atoms with van der Waals surface area (Å²) in [5.41, 5.74) is 5.79. The minimum absolute atomic E-state index is 0.203. The van der Waals surface area contributed by atoms with Gasteiger partial charge in [-0.1, -0.05) is 6.92 Å². The summed E-state index contributed by atoms with van der Waals surface area (Å²) in [7, 11) is 3.61. The minimum atomic E-state index is 0.203.